The van der Waals surface area contributed by atoms with Crippen LogP contribution < -0.4 is 25.4 Å². The Morgan fingerprint density at radius 3 is 2.74 bits per heavy atom. The maximum absolute atomic E-state index is 12.5. The standard InChI is InChI=1S/C24H27N3O7/c1-2-31-20-11-15(3-4-19(20)32-10-7-27-5-8-30-9-6-27)21-17(13-25)24(26)34-22-18(29)12-16(14-28)33-23(21)22/h3-4,11-12,21,28H,2,5-10,14,26H2,1H3. The van der Waals surface area contributed by atoms with Crippen molar-refractivity contribution >= 4 is 0 Å². The van der Waals surface area contributed by atoms with E-state index in [0.717, 1.165) is 38.9 Å². The molecule has 2 aliphatic rings. The number of nitriles is 1. The Labute approximate surface area is 196 Å². The SMILES string of the molecule is CCOc1cc(C2C(C#N)=C(N)Oc3c2oc(CO)cc3=O)ccc1OCCN1CCOCC1. The largest absolute Gasteiger partial charge is 0.490 e. The van der Waals surface area contributed by atoms with E-state index < -0.39 is 18.0 Å². The molecule has 180 valence electrons. The molecule has 3 heterocycles. The van der Waals surface area contributed by atoms with Crippen LogP contribution in [0, 0.1) is 11.3 Å². The number of allylic oxidation sites excluding steroid dienone is 1. The smallest absolute Gasteiger partial charge is 0.228 e. The average molecular weight is 469 g/mol. The lowest BCUT2D eigenvalue weighted by Crippen LogP contribution is -2.38. The van der Waals surface area contributed by atoms with Gasteiger partial charge in [0.15, 0.2) is 17.3 Å². The van der Waals surface area contributed by atoms with E-state index in [0.29, 0.717) is 30.3 Å². The molecule has 1 atom stereocenters. The summed E-state index contributed by atoms with van der Waals surface area (Å²) in [7, 11) is 0. The molecule has 0 radical (unpaired) electrons. The molecular formula is C24H27N3O7. The van der Waals surface area contributed by atoms with Crippen molar-refractivity contribution in [1.29, 1.82) is 5.26 Å². The summed E-state index contributed by atoms with van der Waals surface area (Å²) < 4.78 is 28.3. The average Bonchev–Trinajstić information content (AvgIpc) is 2.85. The second-order valence-electron chi connectivity index (χ2n) is 7.79. The van der Waals surface area contributed by atoms with Crippen molar-refractivity contribution in [2.75, 3.05) is 46.1 Å². The van der Waals surface area contributed by atoms with Gasteiger partial charge >= 0.3 is 0 Å². The Morgan fingerprint density at radius 2 is 2.03 bits per heavy atom. The summed E-state index contributed by atoms with van der Waals surface area (Å²) in [6.45, 7) is 6.21. The van der Waals surface area contributed by atoms with Gasteiger partial charge in [-0.15, -0.1) is 0 Å². The van der Waals surface area contributed by atoms with Gasteiger partial charge in [-0.05, 0) is 24.6 Å². The summed E-state index contributed by atoms with van der Waals surface area (Å²) in [5, 5.41) is 19.3. The molecule has 10 nitrogen and oxygen atoms in total. The van der Waals surface area contributed by atoms with Crippen LogP contribution in [0.5, 0.6) is 17.2 Å². The zero-order valence-corrected chi connectivity index (χ0v) is 18.9. The zero-order valence-electron chi connectivity index (χ0n) is 18.9. The van der Waals surface area contributed by atoms with Crippen LogP contribution in [0.4, 0.5) is 0 Å². The minimum Gasteiger partial charge on any atom is -0.490 e. The quantitative estimate of drug-likeness (QED) is 0.584. The predicted octanol–water partition coefficient (Wildman–Crippen LogP) is 1.46. The lowest BCUT2D eigenvalue weighted by Gasteiger charge is -2.27. The Kier molecular flexibility index (Phi) is 7.37. The first-order valence-electron chi connectivity index (χ1n) is 11.1. The number of morpholine rings is 1. The molecule has 1 saturated heterocycles. The van der Waals surface area contributed by atoms with Gasteiger partial charge in [-0.25, -0.2) is 0 Å². The Hall–Kier alpha value is -3.52. The van der Waals surface area contributed by atoms with E-state index >= 15 is 0 Å². The van der Waals surface area contributed by atoms with E-state index in [4.69, 9.17) is 29.1 Å². The summed E-state index contributed by atoms with van der Waals surface area (Å²) in [5.41, 5.74) is 6.17. The molecule has 34 heavy (non-hydrogen) atoms. The fraction of sp³-hybridized carbons (Fsp3) is 0.417. The number of aliphatic hydroxyl groups is 1. The molecule has 4 rings (SSSR count). The number of nitrogens with two attached hydrogens (primary N) is 1. The van der Waals surface area contributed by atoms with E-state index in [2.05, 4.69) is 11.0 Å². The molecule has 0 spiro atoms. The molecule has 10 heteroatoms. The van der Waals surface area contributed by atoms with E-state index in [1.165, 1.54) is 0 Å². The number of aliphatic hydroxyl groups excluding tert-OH is 1. The van der Waals surface area contributed by atoms with Crippen LogP contribution in [0.1, 0.15) is 29.9 Å². The highest BCUT2D eigenvalue weighted by Gasteiger charge is 2.35. The first-order chi connectivity index (χ1) is 16.5. The van der Waals surface area contributed by atoms with Gasteiger partial charge < -0.3 is 34.2 Å². The maximum Gasteiger partial charge on any atom is 0.228 e. The lowest BCUT2D eigenvalue weighted by molar-refractivity contribution is 0.0321. The van der Waals surface area contributed by atoms with Gasteiger partial charge in [-0.3, -0.25) is 9.69 Å². The highest BCUT2D eigenvalue weighted by molar-refractivity contribution is 5.55. The Balaban J connectivity index is 1.66. The van der Waals surface area contributed by atoms with Gasteiger partial charge in [0.1, 0.15) is 30.6 Å². The van der Waals surface area contributed by atoms with Gasteiger partial charge in [-0.2, -0.15) is 5.26 Å². The van der Waals surface area contributed by atoms with Crippen LogP contribution in [0.3, 0.4) is 0 Å². The minimum absolute atomic E-state index is 0.0585. The normalized spacial score (nSPS) is 18.1. The molecule has 0 saturated carbocycles. The first kappa shape index (κ1) is 23.6. The summed E-state index contributed by atoms with van der Waals surface area (Å²) in [6.07, 6.45) is 0. The molecule has 0 amide bonds. The topological polar surface area (TPSA) is 140 Å². The number of nitrogens with zero attached hydrogens (tertiary/aromatic N) is 2. The fourth-order valence-electron chi connectivity index (χ4n) is 4.00. The summed E-state index contributed by atoms with van der Waals surface area (Å²) in [5.74, 6) is 0.123. The van der Waals surface area contributed by atoms with E-state index in [9.17, 15) is 15.2 Å². The van der Waals surface area contributed by atoms with Crippen molar-refractivity contribution in [1.82, 2.24) is 4.90 Å². The molecule has 1 fully saturated rings. The van der Waals surface area contributed by atoms with E-state index in [1.54, 1.807) is 18.2 Å². The number of hydrogen-bond donors (Lipinski definition) is 2. The lowest BCUT2D eigenvalue weighted by atomic mass is 9.87. The molecule has 1 aromatic heterocycles. The number of benzene rings is 1. The molecule has 0 bridgehead atoms. The first-order valence-corrected chi connectivity index (χ1v) is 11.1. The van der Waals surface area contributed by atoms with Gasteiger partial charge in [0.05, 0.1) is 25.7 Å². The molecule has 1 unspecified atom stereocenters. The Morgan fingerprint density at radius 1 is 1.24 bits per heavy atom. The van der Waals surface area contributed by atoms with E-state index in [1.807, 2.05) is 6.92 Å². The van der Waals surface area contributed by atoms with Crippen LogP contribution in [0.25, 0.3) is 0 Å². The molecule has 2 aliphatic heterocycles. The highest BCUT2D eigenvalue weighted by Crippen LogP contribution is 2.43. The van der Waals surface area contributed by atoms with Gasteiger partial charge in [0, 0.05) is 25.7 Å². The van der Waals surface area contributed by atoms with Gasteiger partial charge in [-0.1, -0.05) is 6.07 Å². The fourth-order valence-corrected chi connectivity index (χ4v) is 4.00. The zero-order chi connectivity index (χ0) is 24.1. The van der Waals surface area contributed by atoms with Crippen molar-refractivity contribution in [2.45, 2.75) is 19.4 Å². The second kappa shape index (κ2) is 10.6. The van der Waals surface area contributed by atoms with Gasteiger partial charge in [0.2, 0.25) is 17.1 Å². The van der Waals surface area contributed by atoms with Crippen molar-refractivity contribution in [3.05, 3.63) is 63.0 Å². The second-order valence-corrected chi connectivity index (χ2v) is 7.79. The number of fused-ring (bicyclic) bond motifs is 1. The highest BCUT2D eigenvalue weighted by atomic mass is 16.5. The van der Waals surface area contributed by atoms with Crippen LogP contribution in [-0.2, 0) is 11.3 Å². The molecular weight excluding hydrogens is 442 g/mol. The monoisotopic (exact) mass is 469 g/mol. The molecule has 2 aromatic rings. The number of hydrogen-bond acceptors (Lipinski definition) is 10. The number of ether oxygens (including phenoxy) is 4. The van der Waals surface area contributed by atoms with Crippen LogP contribution in [0.15, 0.2) is 44.9 Å². The summed E-state index contributed by atoms with van der Waals surface area (Å²) >= 11 is 0. The third kappa shape index (κ3) is 4.87. The Bertz CT molecular complexity index is 1160. The molecule has 1 aromatic carbocycles. The van der Waals surface area contributed by atoms with Crippen LogP contribution in [0.2, 0.25) is 0 Å². The molecule has 3 N–H and O–H groups in total. The minimum atomic E-state index is -0.811. The van der Waals surface area contributed by atoms with Crippen LogP contribution >= 0.6 is 0 Å². The van der Waals surface area contributed by atoms with Crippen molar-refractivity contribution in [2.24, 2.45) is 5.73 Å². The van der Waals surface area contributed by atoms with E-state index in [-0.39, 0.29) is 28.7 Å². The number of rotatable bonds is 8. The summed E-state index contributed by atoms with van der Waals surface area (Å²) in [6, 6.07) is 8.45. The third-order valence-corrected chi connectivity index (χ3v) is 5.66. The van der Waals surface area contributed by atoms with Crippen molar-refractivity contribution in [3.8, 4) is 23.3 Å². The summed E-state index contributed by atoms with van der Waals surface area (Å²) in [4.78, 5) is 14.8. The van der Waals surface area contributed by atoms with Crippen LogP contribution in [-0.4, -0.2) is 56.1 Å². The van der Waals surface area contributed by atoms with Crippen molar-refractivity contribution in [3.63, 3.8) is 0 Å². The third-order valence-electron chi connectivity index (χ3n) is 5.66. The van der Waals surface area contributed by atoms with Crippen molar-refractivity contribution < 1.29 is 28.5 Å². The molecule has 0 aliphatic carbocycles. The van der Waals surface area contributed by atoms with Gasteiger partial charge in [0.25, 0.3) is 0 Å². The predicted molar refractivity (Wildman–Crippen MR) is 121 cm³/mol. The maximum atomic E-state index is 12.5.